The number of amides is 5. The van der Waals surface area contributed by atoms with E-state index < -0.39 is 17.5 Å². The Morgan fingerprint density at radius 3 is 2.24 bits per heavy atom. The van der Waals surface area contributed by atoms with Gasteiger partial charge < -0.3 is 15.5 Å². The van der Waals surface area contributed by atoms with Gasteiger partial charge in [0.15, 0.2) is 0 Å². The van der Waals surface area contributed by atoms with Crippen LogP contribution in [0.2, 0.25) is 0 Å². The lowest BCUT2D eigenvalue weighted by molar-refractivity contribution is -0.128. The van der Waals surface area contributed by atoms with E-state index in [1.165, 1.54) is 4.90 Å². The number of urea groups is 2. The first-order valence-electron chi connectivity index (χ1n) is 9.28. The second kappa shape index (κ2) is 7.38. The fourth-order valence-electron chi connectivity index (χ4n) is 3.72. The molecule has 29 heavy (non-hydrogen) atoms. The van der Waals surface area contributed by atoms with Crippen LogP contribution in [0, 0.1) is 0 Å². The fraction of sp³-hybridized carbons (Fsp3) is 0.238. The summed E-state index contributed by atoms with van der Waals surface area (Å²) in [4.78, 5) is 49.7. The van der Waals surface area contributed by atoms with Gasteiger partial charge in [-0.1, -0.05) is 30.3 Å². The van der Waals surface area contributed by atoms with Crippen molar-refractivity contribution in [2.75, 3.05) is 10.6 Å². The van der Waals surface area contributed by atoms with Crippen LogP contribution in [-0.2, 0) is 16.1 Å². The van der Waals surface area contributed by atoms with Crippen LogP contribution in [0.3, 0.4) is 0 Å². The molecule has 2 N–H and O–H groups in total. The Labute approximate surface area is 167 Å². The lowest BCUT2D eigenvalue weighted by Crippen LogP contribution is -2.47. The van der Waals surface area contributed by atoms with Gasteiger partial charge in [-0.15, -0.1) is 0 Å². The maximum atomic E-state index is 12.2. The van der Waals surface area contributed by atoms with Crippen molar-refractivity contribution in [3.8, 4) is 0 Å². The second-order valence-electron chi connectivity index (χ2n) is 7.17. The average molecular weight is 391 g/mol. The number of nitrogens with zero attached hydrogens (tertiary/aromatic N) is 2. The summed E-state index contributed by atoms with van der Waals surface area (Å²) in [5, 5.41) is 9.02. The number of ketones is 1. The summed E-state index contributed by atoms with van der Waals surface area (Å²) in [6.07, 6.45) is 0.629. The van der Waals surface area contributed by atoms with E-state index in [0.717, 1.165) is 5.56 Å². The van der Waals surface area contributed by atoms with E-state index in [1.807, 2.05) is 18.2 Å². The van der Waals surface area contributed by atoms with E-state index in [9.17, 15) is 19.2 Å². The summed E-state index contributed by atoms with van der Waals surface area (Å²) in [5.74, 6) is -0.554. The highest BCUT2D eigenvalue weighted by Crippen LogP contribution is 2.38. The molecule has 2 fully saturated rings. The molecule has 1 aliphatic carbocycles. The van der Waals surface area contributed by atoms with Crippen LogP contribution in [0.1, 0.15) is 24.8 Å². The predicted octanol–water partition coefficient (Wildman–Crippen LogP) is 2.89. The Kier molecular flexibility index (Phi) is 4.75. The standard InChI is InChI=1S/C21H19N4O4/c26-17-10-11-21(12-17)18(27)24-20(29)25(21)13-14-6-8-16(9-7-14)23-19(28)22-15-4-2-1-3-5-15/h1-9H,10-13H2,(H2,22,23,28). The van der Waals surface area contributed by atoms with Crippen LogP contribution < -0.4 is 16.0 Å². The summed E-state index contributed by atoms with van der Waals surface area (Å²) in [5.41, 5.74) is 0.914. The minimum Gasteiger partial charge on any atom is -0.308 e. The monoisotopic (exact) mass is 391 g/mol. The van der Waals surface area contributed by atoms with Gasteiger partial charge in [-0.2, -0.15) is 5.32 Å². The van der Waals surface area contributed by atoms with E-state index in [1.54, 1.807) is 36.4 Å². The second-order valence-corrected chi connectivity index (χ2v) is 7.17. The molecule has 2 aliphatic rings. The Morgan fingerprint density at radius 2 is 1.62 bits per heavy atom. The normalized spacial score (nSPS) is 20.8. The van der Waals surface area contributed by atoms with Crippen molar-refractivity contribution >= 4 is 35.1 Å². The molecule has 1 heterocycles. The molecule has 8 nitrogen and oxygen atoms in total. The Bertz CT molecular complexity index is 974. The molecular formula is C21H19N4O4. The summed E-state index contributed by atoms with van der Waals surface area (Å²) >= 11 is 0. The van der Waals surface area contributed by atoms with Gasteiger partial charge >= 0.3 is 12.1 Å². The van der Waals surface area contributed by atoms with Crippen LogP contribution in [0.4, 0.5) is 21.0 Å². The van der Waals surface area contributed by atoms with Crippen LogP contribution in [0.25, 0.3) is 0 Å². The molecule has 2 aromatic carbocycles. The highest BCUT2D eigenvalue weighted by Gasteiger charge is 2.57. The minimum absolute atomic E-state index is 0.0281. The zero-order valence-electron chi connectivity index (χ0n) is 15.6. The van der Waals surface area contributed by atoms with Crippen molar-refractivity contribution in [3.63, 3.8) is 0 Å². The van der Waals surface area contributed by atoms with Gasteiger partial charge in [0.2, 0.25) is 0 Å². The van der Waals surface area contributed by atoms with Gasteiger partial charge in [-0.05, 0) is 36.2 Å². The van der Waals surface area contributed by atoms with Crippen molar-refractivity contribution in [1.29, 1.82) is 0 Å². The Balaban J connectivity index is 1.41. The summed E-state index contributed by atoms with van der Waals surface area (Å²) in [7, 11) is 0. The number of nitrogens with one attached hydrogen (secondary N) is 2. The van der Waals surface area contributed by atoms with E-state index in [0.29, 0.717) is 17.8 Å². The maximum Gasteiger partial charge on any atom is 0.347 e. The molecule has 1 spiro atoms. The van der Waals surface area contributed by atoms with Crippen LogP contribution in [-0.4, -0.2) is 34.2 Å². The molecule has 1 saturated carbocycles. The zero-order chi connectivity index (χ0) is 20.4. The average Bonchev–Trinajstić information content (AvgIpc) is 3.19. The van der Waals surface area contributed by atoms with Gasteiger partial charge in [0.25, 0.3) is 5.91 Å². The molecule has 1 radical (unpaired) electrons. The Hall–Kier alpha value is -3.68. The van der Waals surface area contributed by atoms with Gasteiger partial charge in [0.1, 0.15) is 11.3 Å². The van der Waals surface area contributed by atoms with Crippen molar-refractivity contribution < 1.29 is 19.2 Å². The van der Waals surface area contributed by atoms with Gasteiger partial charge in [-0.3, -0.25) is 9.59 Å². The topological polar surface area (TPSA) is 110 Å². The molecule has 2 aromatic rings. The number of Topliss-reactive ketones (excluding diaryl/α,β-unsaturated/α-hetero) is 1. The number of benzene rings is 2. The lowest BCUT2D eigenvalue weighted by Gasteiger charge is -2.30. The van der Waals surface area contributed by atoms with Crippen molar-refractivity contribution in [3.05, 3.63) is 60.2 Å². The third-order valence-electron chi connectivity index (χ3n) is 5.23. The SMILES string of the molecule is O=C1CCC2(C1)C(=O)[N]C(=O)N2Cc1ccc(NC(=O)Nc2ccccc2)cc1. The van der Waals surface area contributed by atoms with Crippen LogP contribution >= 0.6 is 0 Å². The van der Waals surface area contributed by atoms with Crippen LogP contribution in [0.5, 0.6) is 0 Å². The first kappa shape index (κ1) is 18.7. The molecule has 0 aromatic heterocycles. The first-order valence-corrected chi connectivity index (χ1v) is 9.28. The Morgan fingerprint density at radius 1 is 0.966 bits per heavy atom. The molecule has 0 bridgehead atoms. The number of carbonyl (C=O) groups is 4. The van der Waals surface area contributed by atoms with E-state index in [2.05, 4.69) is 16.0 Å². The minimum atomic E-state index is -1.12. The molecule has 1 aliphatic heterocycles. The summed E-state index contributed by atoms with van der Waals surface area (Å²) in [6.45, 7) is 0.178. The van der Waals surface area contributed by atoms with Gasteiger partial charge in [0.05, 0.1) is 0 Å². The zero-order valence-corrected chi connectivity index (χ0v) is 15.6. The van der Waals surface area contributed by atoms with Crippen molar-refractivity contribution in [1.82, 2.24) is 10.2 Å². The smallest absolute Gasteiger partial charge is 0.308 e. The molecular weight excluding hydrogens is 372 g/mol. The molecule has 147 valence electrons. The quantitative estimate of drug-likeness (QED) is 0.781. The number of imide groups is 1. The van der Waals surface area contributed by atoms with E-state index in [-0.39, 0.29) is 31.2 Å². The number of para-hydroxylation sites is 1. The number of anilines is 2. The van der Waals surface area contributed by atoms with Gasteiger partial charge in [0, 0.05) is 30.8 Å². The van der Waals surface area contributed by atoms with Crippen molar-refractivity contribution in [2.45, 2.75) is 31.3 Å². The number of rotatable bonds is 4. The summed E-state index contributed by atoms with van der Waals surface area (Å²) in [6, 6.07) is 15.1. The number of hydrogen-bond acceptors (Lipinski definition) is 4. The number of carbonyl (C=O) groups excluding carboxylic acids is 4. The molecule has 4 rings (SSSR count). The highest BCUT2D eigenvalue weighted by molar-refractivity contribution is 6.10. The largest absolute Gasteiger partial charge is 0.347 e. The molecule has 8 heteroatoms. The first-order chi connectivity index (χ1) is 14.0. The maximum absolute atomic E-state index is 12.2. The number of hydrogen-bond donors (Lipinski definition) is 2. The van der Waals surface area contributed by atoms with E-state index in [4.69, 9.17) is 0 Å². The third-order valence-corrected chi connectivity index (χ3v) is 5.23. The van der Waals surface area contributed by atoms with Gasteiger partial charge in [-0.25, -0.2) is 9.59 Å². The highest BCUT2D eigenvalue weighted by atomic mass is 16.2. The fourth-order valence-corrected chi connectivity index (χ4v) is 3.72. The van der Waals surface area contributed by atoms with E-state index >= 15 is 0 Å². The van der Waals surface area contributed by atoms with Crippen LogP contribution in [0.15, 0.2) is 54.6 Å². The summed E-state index contributed by atoms with van der Waals surface area (Å²) < 4.78 is 0. The third kappa shape index (κ3) is 3.69. The van der Waals surface area contributed by atoms with Crippen molar-refractivity contribution in [2.24, 2.45) is 0 Å². The molecule has 1 saturated heterocycles. The molecule has 1 atom stereocenters. The predicted molar refractivity (Wildman–Crippen MR) is 105 cm³/mol. The molecule has 5 amide bonds. The lowest BCUT2D eigenvalue weighted by atomic mass is 9.95. The molecule has 1 unspecified atom stereocenters.